The second kappa shape index (κ2) is 5.83. The molecule has 2 heterocycles. The molecule has 0 aliphatic heterocycles. The Kier molecular flexibility index (Phi) is 3.45. The van der Waals surface area contributed by atoms with Gasteiger partial charge in [-0.05, 0) is 42.4 Å². The van der Waals surface area contributed by atoms with Gasteiger partial charge >= 0.3 is 0 Å². The third-order valence-corrected chi connectivity index (χ3v) is 5.50. The fourth-order valence-electron chi connectivity index (χ4n) is 4.20. The van der Waals surface area contributed by atoms with Crippen LogP contribution in [0.25, 0.3) is 0 Å². The van der Waals surface area contributed by atoms with Crippen LogP contribution in [0.15, 0.2) is 47.2 Å². The number of nitrogens with zero attached hydrogens (tertiary/aromatic N) is 3. The number of benzene rings is 1. The maximum atomic E-state index is 12.6. The summed E-state index contributed by atoms with van der Waals surface area (Å²) in [6.07, 6.45) is 5.95. The topological polar surface area (TPSA) is 73.0 Å². The Morgan fingerprint density at radius 2 is 2.27 bits per heavy atom. The minimum atomic E-state index is -0.159. The van der Waals surface area contributed by atoms with Crippen LogP contribution >= 0.6 is 0 Å². The molecule has 1 fully saturated rings. The van der Waals surface area contributed by atoms with Gasteiger partial charge in [0.05, 0.1) is 6.20 Å². The molecule has 26 heavy (non-hydrogen) atoms. The molecule has 2 aliphatic rings. The van der Waals surface area contributed by atoms with Crippen LogP contribution < -0.4 is 5.32 Å². The molecule has 1 aromatic carbocycles. The van der Waals surface area contributed by atoms with E-state index in [0.717, 1.165) is 18.4 Å². The van der Waals surface area contributed by atoms with Crippen molar-refractivity contribution in [2.45, 2.75) is 38.3 Å². The summed E-state index contributed by atoms with van der Waals surface area (Å²) in [5, 5.41) is 11.3. The van der Waals surface area contributed by atoms with Crippen LogP contribution in [0.1, 0.15) is 45.3 Å². The lowest BCUT2D eigenvalue weighted by atomic mass is 9.92. The Balaban J connectivity index is 1.26. The zero-order valence-corrected chi connectivity index (χ0v) is 14.6. The summed E-state index contributed by atoms with van der Waals surface area (Å²) in [7, 11) is 0. The van der Waals surface area contributed by atoms with Gasteiger partial charge in [-0.3, -0.25) is 9.48 Å². The molecule has 1 amide bonds. The van der Waals surface area contributed by atoms with Crippen molar-refractivity contribution in [1.29, 1.82) is 0 Å². The quantitative estimate of drug-likeness (QED) is 0.787. The van der Waals surface area contributed by atoms with Gasteiger partial charge in [0.1, 0.15) is 6.54 Å². The van der Waals surface area contributed by atoms with E-state index in [1.807, 2.05) is 13.1 Å². The monoisotopic (exact) mass is 348 g/mol. The van der Waals surface area contributed by atoms with Crippen LogP contribution in [0.3, 0.4) is 0 Å². The minimum Gasteiger partial charge on any atom is -0.359 e. The van der Waals surface area contributed by atoms with E-state index < -0.39 is 0 Å². The number of hydrogen-bond donors (Lipinski definition) is 1. The van der Waals surface area contributed by atoms with Crippen LogP contribution in [-0.2, 0) is 13.0 Å². The van der Waals surface area contributed by atoms with Gasteiger partial charge in [-0.2, -0.15) is 5.10 Å². The van der Waals surface area contributed by atoms with Crippen molar-refractivity contribution < 1.29 is 9.32 Å². The number of nitrogens with one attached hydrogen (secondary N) is 1. The molecule has 3 atom stereocenters. The van der Waals surface area contributed by atoms with E-state index in [1.54, 1.807) is 16.9 Å². The van der Waals surface area contributed by atoms with Crippen molar-refractivity contribution >= 4 is 5.91 Å². The first-order valence-corrected chi connectivity index (χ1v) is 9.02. The van der Waals surface area contributed by atoms with Gasteiger partial charge < -0.3 is 9.84 Å². The SMILES string of the molecule is Cc1cnn(Cc2cc(C(=O)N[C@@H]3[C@@H]4CCc5ccccc5[C@@H]43)no2)c1. The van der Waals surface area contributed by atoms with Crippen molar-refractivity contribution in [3.8, 4) is 0 Å². The first-order chi connectivity index (χ1) is 12.7. The number of hydrogen-bond acceptors (Lipinski definition) is 4. The van der Waals surface area contributed by atoms with E-state index in [-0.39, 0.29) is 11.9 Å². The third kappa shape index (κ3) is 2.62. The lowest BCUT2D eigenvalue weighted by Gasteiger charge is -2.13. The number of amides is 1. The van der Waals surface area contributed by atoms with E-state index in [4.69, 9.17) is 4.52 Å². The van der Waals surface area contributed by atoms with Gasteiger partial charge in [-0.15, -0.1) is 0 Å². The van der Waals surface area contributed by atoms with Crippen LogP contribution in [0.2, 0.25) is 0 Å². The molecule has 6 nitrogen and oxygen atoms in total. The number of aromatic nitrogens is 3. The highest BCUT2D eigenvalue weighted by atomic mass is 16.5. The van der Waals surface area contributed by atoms with E-state index in [0.29, 0.717) is 29.8 Å². The number of aryl methyl sites for hydroxylation is 2. The number of carbonyl (C=O) groups excluding carboxylic acids is 1. The molecule has 0 radical (unpaired) electrons. The van der Waals surface area contributed by atoms with Crippen molar-refractivity contribution in [3.63, 3.8) is 0 Å². The number of carbonyl (C=O) groups is 1. The van der Waals surface area contributed by atoms with Gasteiger partial charge in [0, 0.05) is 24.2 Å². The predicted octanol–water partition coefficient (Wildman–Crippen LogP) is 2.69. The van der Waals surface area contributed by atoms with Crippen LogP contribution in [0.5, 0.6) is 0 Å². The van der Waals surface area contributed by atoms with Gasteiger partial charge in [0.2, 0.25) is 0 Å². The second-order valence-corrected chi connectivity index (χ2v) is 7.32. The number of rotatable bonds is 4. The highest BCUT2D eigenvalue weighted by Crippen LogP contribution is 2.54. The van der Waals surface area contributed by atoms with Gasteiger partial charge in [-0.25, -0.2) is 0 Å². The molecule has 0 spiro atoms. The molecule has 1 N–H and O–H groups in total. The van der Waals surface area contributed by atoms with Crippen molar-refractivity contribution in [1.82, 2.24) is 20.3 Å². The molecular weight excluding hydrogens is 328 g/mol. The predicted molar refractivity (Wildman–Crippen MR) is 94.8 cm³/mol. The smallest absolute Gasteiger partial charge is 0.273 e. The zero-order chi connectivity index (χ0) is 17.7. The summed E-state index contributed by atoms with van der Waals surface area (Å²) in [4.78, 5) is 12.6. The van der Waals surface area contributed by atoms with Crippen molar-refractivity contribution in [3.05, 3.63) is 70.9 Å². The van der Waals surface area contributed by atoms with Crippen molar-refractivity contribution in [2.75, 3.05) is 0 Å². The highest BCUT2D eigenvalue weighted by molar-refractivity contribution is 5.92. The van der Waals surface area contributed by atoms with E-state index in [1.165, 1.54) is 11.1 Å². The Morgan fingerprint density at radius 1 is 1.38 bits per heavy atom. The molecule has 132 valence electrons. The maximum absolute atomic E-state index is 12.6. The third-order valence-electron chi connectivity index (χ3n) is 5.50. The molecule has 3 aromatic rings. The van der Waals surface area contributed by atoms with E-state index >= 15 is 0 Å². The molecule has 0 saturated heterocycles. The first kappa shape index (κ1) is 15.4. The molecule has 0 unspecified atom stereocenters. The summed E-state index contributed by atoms with van der Waals surface area (Å²) in [5.74, 6) is 1.46. The van der Waals surface area contributed by atoms with Crippen molar-refractivity contribution in [2.24, 2.45) is 5.92 Å². The Bertz CT molecular complexity index is 974. The lowest BCUT2D eigenvalue weighted by molar-refractivity contribution is 0.0939. The maximum Gasteiger partial charge on any atom is 0.273 e. The molecule has 1 saturated carbocycles. The largest absolute Gasteiger partial charge is 0.359 e. The van der Waals surface area contributed by atoms with Gasteiger partial charge in [0.25, 0.3) is 5.91 Å². The average molecular weight is 348 g/mol. The van der Waals surface area contributed by atoms with Crippen LogP contribution in [0, 0.1) is 12.8 Å². The van der Waals surface area contributed by atoms with Gasteiger partial charge in [0.15, 0.2) is 11.5 Å². The summed E-state index contributed by atoms with van der Waals surface area (Å²) in [5.41, 5.74) is 4.23. The lowest BCUT2D eigenvalue weighted by Crippen LogP contribution is -2.27. The zero-order valence-electron chi connectivity index (χ0n) is 14.6. The minimum absolute atomic E-state index is 0.159. The fraction of sp³-hybridized carbons (Fsp3) is 0.350. The summed E-state index contributed by atoms with van der Waals surface area (Å²) < 4.78 is 7.07. The second-order valence-electron chi connectivity index (χ2n) is 7.32. The summed E-state index contributed by atoms with van der Waals surface area (Å²) >= 11 is 0. The normalized spacial score (nSPS) is 23.2. The molecule has 0 bridgehead atoms. The van der Waals surface area contributed by atoms with E-state index in [9.17, 15) is 4.79 Å². The molecular formula is C20H20N4O2. The Labute approximate surface area is 151 Å². The number of fused-ring (bicyclic) bond motifs is 3. The van der Waals surface area contributed by atoms with E-state index in [2.05, 4.69) is 39.8 Å². The van der Waals surface area contributed by atoms with Gasteiger partial charge in [-0.1, -0.05) is 29.4 Å². The van der Waals surface area contributed by atoms with Crippen LogP contribution in [-0.4, -0.2) is 26.9 Å². The molecule has 2 aliphatic carbocycles. The Morgan fingerprint density at radius 3 is 3.12 bits per heavy atom. The van der Waals surface area contributed by atoms with Crippen LogP contribution in [0.4, 0.5) is 0 Å². The highest BCUT2D eigenvalue weighted by Gasteiger charge is 2.53. The fourth-order valence-corrected chi connectivity index (χ4v) is 4.20. The standard InChI is InChI=1S/C20H20N4O2/c1-12-9-21-24(10-12)11-14-8-17(23-26-14)20(25)22-19-16-7-6-13-4-2-3-5-15(13)18(16)19/h2-5,8-10,16,18-19H,6-7,11H2,1H3,(H,22,25)/t16-,18+,19-/m1/s1. The Hall–Kier alpha value is -2.89. The molecule has 2 aromatic heterocycles. The average Bonchev–Trinajstić information content (AvgIpc) is 2.95. The first-order valence-electron chi connectivity index (χ1n) is 9.02. The molecule has 5 rings (SSSR count). The summed E-state index contributed by atoms with van der Waals surface area (Å²) in [6.45, 7) is 2.45. The summed E-state index contributed by atoms with van der Waals surface area (Å²) in [6, 6.07) is 10.5. The molecule has 6 heteroatoms.